The maximum atomic E-state index is 11.0. The van der Waals surface area contributed by atoms with E-state index in [4.69, 9.17) is 5.11 Å². The largest absolute Gasteiger partial charge is 0.481 e. The van der Waals surface area contributed by atoms with Crippen molar-refractivity contribution in [3.63, 3.8) is 0 Å². The van der Waals surface area contributed by atoms with Crippen LogP contribution in [0.25, 0.3) is 0 Å². The molecular formula is C12H22O2. The van der Waals surface area contributed by atoms with Crippen LogP contribution < -0.4 is 0 Å². The first-order valence-electron chi connectivity index (χ1n) is 5.98. The lowest BCUT2D eigenvalue weighted by Crippen LogP contribution is -2.23. The number of rotatable bonds is 3. The third-order valence-electron chi connectivity index (χ3n) is 3.48. The molecule has 14 heavy (non-hydrogen) atoms. The third-order valence-corrected chi connectivity index (χ3v) is 3.48. The lowest BCUT2D eigenvalue weighted by atomic mass is 9.80. The minimum atomic E-state index is -0.585. The van der Waals surface area contributed by atoms with Crippen molar-refractivity contribution in [1.82, 2.24) is 0 Å². The second kappa shape index (κ2) is 6.05. The van der Waals surface area contributed by atoms with E-state index in [1.54, 1.807) is 0 Å². The molecule has 0 heterocycles. The van der Waals surface area contributed by atoms with Crippen molar-refractivity contribution in [1.29, 1.82) is 0 Å². The van der Waals surface area contributed by atoms with Crippen LogP contribution >= 0.6 is 0 Å². The van der Waals surface area contributed by atoms with Crippen LogP contribution in [0, 0.1) is 11.8 Å². The summed E-state index contributed by atoms with van der Waals surface area (Å²) in [6.45, 7) is 2.00. The van der Waals surface area contributed by atoms with Gasteiger partial charge in [-0.15, -0.1) is 0 Å². The van der Waals surface area contributed by atoms with Crippen molar-refractivity contribution in [2.75, 3.05) is 0 Å². The Kier molecular flexibility index (Phi) is 4.99. The van der Waals surface area contributed by atoms with Gasteiger partial charge in [-0.1, -0.05) is 39.0 Å². The van der Waals surface area contributed by atoms with Crippen LogP contribution in [-0.4, -0.2) is 11.1 Å². The van der Waals surface area contributed by atoms with Gasteiger partial charge in [0.1, 0.15) is 0 Å². The SMILES string of the molecule is CCC(C(=O)O)C1CCCCCCC1. The summed E-state index contributed by atoms with van der Waals surface area (Å²) in [5, 5.41) is 9.09. The number of carboxylic acid groups (broad SMARTS) is 1. The van der Waals surface area contributed by atoms with Crippen molar-refractivity contribution >= 4 is 5.97 Å². The Morgan fingerprint density at radius 2 is 1.71 bits per heavy atom. The average Bonchev–Trinajstić information content (AvgIpc) is 2.08. The topological polar surface area (TPSA) is 37.3 Å². The molecule has 1 aliphatic rings. The molecule has 1 fully saturated rings. The van der Waals surface area contributed by atoms with Gasteiger partial charge in [-0.2, -0.15) is 0 Å². The fourth-order valence-corrected chi connectivity index (χ4v) is 2.60. The van der Waals surface area contributed by atoms with Gasteiger partial charge in [-0.05, 0) is 25.2 Å². The molecule has 0 aromatic heterocycles. The maximum Gasteiger partial charge on any atom is 0.306 e. The lowest BCUT2D eigenvalue weighted by molar-refractivity contribution is -0.144. The summed E-state index contributed by atoms with van der Waals surface area (Å²) in [6, 6.07) is 0. The highest BCUT2D eigenvalue weighted by Crippen LogP contribution is 2.30. The molecule has 1 atom stereocenters. The van der Waals surface area contributed by atoms with Crippen molar-refractivity contribution in [3.8, 4) is 0 Å². The van der Waals surface area contributed by atoms with Crippen LogP contribution in [0.15, 0.2) is 0 Å². The standard InChI is InChI=1S/C12H22O2/c1-2-11(12(13)14)10-8-6-4-3-5-7-9-10/h10-11H,2-9H2,1H3,(H,13,14). The van der Waals surface area contributed by atoms with Gasteiger partial charge >= 0.3 is 5.97 Å². The summed E-state index contributed by atoms with van der Waals surface area (Å²) in [4.78, 5) is 11.0. The molecule has 0 saturated heterocycles. The second-order valence-electron chi connectivity index (χ2n) is 4.46. The minimum absolute atomic E-state index is 0.0897. The Balaban J connectivity index is 2.48. The highest BCUT2D eigenvalue weighted by atomic mass is 16.4. The first kappa shape index (κ1) is 11.5. The molecule has 2 heteroatoms. The summed E-state index contributed by atoms with van der Waals surface area (Å²) in [5.74, 6) is -0.232. The zero-order valence-electron chi connectivity index (χ0n) is 9.17. The number of hydrogen-bond donors (Lipinski definition) is 1. The van der Waals surface area contributed by atoms with E-state index < -0.39 is 5.97 Å². The highest BCUT2D eigenvalue weighted by Gasteiger charge is 2.26. The predicted molar refractivity (Wildman–Crippen MR) is 57.2 cm³/mol. The first-order chi connectivity index (χ1) is 6.75. The van der Waals surface area contributed by atoms with Crippen LogP contribution in [0.5, 0.6) is 0 Å². The molecule has 0 aromatic carbocycles. The number of carboxylic acids is 1. The molecular weight excluding hydrogens is 176 g/mol. The van der Waals surface area contributed by atoms with Crippen molar-refractivity contribution in [2.24, 2.45) is 11.8 Å². The van der Waals surface area contributed by atoms with E-state index in [-0.39, 0.29) is 5.92 Å². The number of aliphatic carboxylic acids is 1. The molecule has 1 aliphatic carbocycles. The molecule has 0 bridgehead atoms. The van der Waals surface area contributed by atoms with Crippen LogP contribution in [-0.2, 0) is 4.79 Å². The fraction of sp³-hybridized carbons (Fsp3) is 0.917. The van der Waals surface area contributed by atoms with Crippen molar-refractivity contribution in [3.05, 3.63) is 0 Å². The molecule has 1 unspecified atom stereocenters. The van der Waals surface area contributed by atoms with E-state index in [0.717, 1.165) is 19.3 Å². The molecule has 0 aliphatic heterocycles. The highest BCUT2D eigenvalue weighted by molar-refractivity contribution is 5.70. The summed E-state index contributed by atoms with van der Waals surface area (Å²) < 4.78 is 0. The molecule has 2 nitrogen and oxygen atoms in total. The van der Waals surface area contributed by atoms with Crippen LogP contribution in [0.3, 0.4) is 0 Å². The van der Waals surface area contributed by atoms with E-state index in [0.29, 0.717) is 5.92 Å². The Labute approximate surface area is 86.7 Å². The van der Waals surface area contributed by atoms with Crippen molar-refractivity contribution < 1.29 is 9.90 Å². The summed E-state index contributed by atoms with van der Waals surface area (Å²) >= 11 is 0. The Hall–Kier alpha value is -0.530. The van der Waals surface area contributed by atoms with Gasteiger partial charge in [0.15, 0.2) is 0 Å². The van der Waals surface area contributed by atoms with E-state index in [1.807, 2.05) is 6.92 Å². The van der Waals surface area contributed by atoms with E-state index >= 15 is 0 Å². The smallest absolute Gasteiger partial charge is 0.306 e. The zero-order valence-corrected chi connectivity index (χ0v) is 9.17. The molecule has 0 amide bonds. The first-order valence-corrected chi connectivity index (χ1v) is 5.98. The summed E-state index contributed by atoms with van der Waals surface area (Å²) in [6.07, 6.45) is 9.45. The van der Waals surface area contributed by atoms with Gasteiger partial charge < -0.3 is 5.11 Å². The molecule has 0 radical (unpaired) electrons. The zero-order chi connectivity index (χ0) is 10.4. The average molecular weight is 198 g/mol. The second-order valence-corrected chi connectivity index (χ2v) is 4.46. The normalized spacial score (nSPS) is 22.4. The number of carbonyl (C=O) groups is 1. The molecule has 0 aromatic rings. The number of hydrogen-bond acceptors (Lipinski definition) is 1. The molecule has 1 saturated carbocycles. The Morgan fingerprint density at radius 1 is 1.21 bits per heavy atom. The van der Waals surface area contributed by atoms with Gasteiger partial charge in [0.05, 0.1) is 5.92 Å². The van der Waals surface area contributed by atoms with Gasteiger partial charge in [0.25, 0.3) is 0 Å². The fourth-order valence-electron chi connectivity index (χ4n) is 2.60. The van der Waals surface area contributed by atoms with Crippen LogP contribution in [0.1, 0.15) is 58.3 Å². The Bertz CT molecular complexity index is 169. The summed E-state index contributed by atoms with van der Waals surface area (Å²) in [5.41, 5.74) is 0. The maximum absolute atomic E-state index is 11.0. The van der Waals surface area contributed by atoms with E-state index in [1.165, 1.54) is 32.1 Å². The predicted octanol–water partition coefficient (Wildman–Crippen LogP) is 3.46. The summed E-state index contributed by atoms with van der Waals surface area (Å²) in [7, 11) is 0. The van der Waals surface area contributed by atoms with Gasteiger partial charge in [-0.3, -0.25) is 4.79 Å². The molecule has 1 N–H and O–H groups in total. The Morgan fingerprint density at radius 3 is 2.14 bits per heavy atom. The van der Waals surface area contributed by atoms with Gasteiger partial charge in [0, 0.05) is 0 Å². The minimum Gasteiger partial charge on any atom is -0.481 e. The van der Waals surface area contributed by atoms with Crippen LogP contribution in [0.4, 0.5) is 0 Å². The lowest BCUT2D eigenvalue weighted by Gasteiger charge is -2.24. The van der Waals surface area contributed by atoms with Gasteiger partial charge in [-0.25, -0.2) is 0 Å². The molecule has 82 valence electrons. The quantitative estimate of drug-likeness (QED) is 0.754. The van der Waals surface area contributed by atoms with Crippen molar-refractivity contribution in [2.45, 2.75) is 58.3 Å². The van der Waals surface area contributed by atoms with Crippen LogP contribution in [0.2, 0.25) is 0 Å². The van der Waals surface area contributed by atoms with E-state index in [2.05, 4.69) is 0 Å². The monoisotopic (exact) mass is 198 g/mol. The third kappa shape index (κ3) is 3.32. The van der Waals surface area contributed by atoms with Gasteiger partial charge in [0.2, 0.25) is 0 Å². The molecule has 0 spiro atoms. The molecule has 1 rings (SSSR count). The van der Waals surface area contributed by atoms with E-state index in [9.17, 15) is 4.79 Å².